The lowest BCUT2D eigenvalue weighted by Gasteiger charge is -2.42. The third-order valence-electron chi connectivity index (χ3n) is 9.84. The van der Waals surface area contributed by atoms with Crippen LogP contribution < -0.4 is 21.3 Å². The first kappa shape index (κ1) is 30.8. The van der Waals surface area contributed by atoms with E-state index >= 15 is 0 Å². The van der Waals surface area contributed by atoms with Crippen molar-refractivity contribution in [2.45, 2.75) is 62.9 Å². The Balaban J connectivity index is 1.12. The predicted molar refractivity (Wildman–Crippen MR) is 180 cm³/mol. The van der Waals surface area contributed by atoms with Gasteiger partial charge in [0.2, 0.25) is 0 Å². The van der Waals surface area contributed by atoms with Crippen molar-refractivity contribution in [3.63, 3.8) is 0 Å². The van der Waals surface area contributed by atoms with Crippen LogP contribution in [0.5, 0.6) is 0 Å². The van der Waals surface area contributed by atoms with Crippen LogP contribution in [0.2, 0.25) is 0 Å². The van der Waals surface area contributed by atoms with Gasteiger partial charge in [0.1, 0.15) is 17.6 Å². The minimum atomic E-state index is -1.35. The number of nitrogens with one attached hydrogen (secondary N) is 3. The summed E-state index contributed by atoms with van der Waals surface area (Å²) in [6.45, 7) is 6.75. The van der Waals surface area contributed by atoms with Crippen molar-refractivity contribution >= 4 is 34.2 Å². The number of rotatable bonds is 8. The van der Waals surface area contributed by atoms with Gasteiger partial charge in [-0.15, -0.1) is 0 Å². The molecule has 2 aliphatic heterocycles. The van der Waals surface area contributed by atoms with Crippen LogP contribution in [0.15, 0.2) is 42.9 Å². The Morgan fingerprint density at radius 1 is 0.891 bits per heavy atom. The van der Waals surface area contributed by atoms with Crippen LogP contribution in [-0.4, -0.2) is 109 Å². The van der Waals surface area contributed by atoms with E-state index < -0.39 is 6.23 Å². The van der Waals surface area contributed by atoms with E-state index in [4.69, 9.17) is 15.7 Å². The highest BCUT2D eigenvalue weighted by molar-refractivity contribution is 5.92. The van der Waals surface area contributed by atoms with E-state index in [0.29, 0.717) is 29.0 Å². The van der Waals surface area contributed by atoms with Crippen molar-refractivity contribution in [1.82, 2.24) is 34.7 Å². The fourth-order valence-corrected chi connectivity index (χ4v) is 7.06. The number of nitrogens with zero attached hydrogens (tertiary/aromatic N) is 7. The van der Waals surface area contributed by atoms with E-state index in [1.54, 1.807) is 12.5 Å². The molecule has 0 spiro atoms. The van der Waals surface area contributed by atoms with Gasteiger partial charge >= 0.3 is 0 Å². The Hall–Kier alpha value is -3.88. The summed E-state index contributed by atoms with van der Waals surface area (Å²) in [6, 6.07) is 11.0. The van der Waals surface area contributed by atoms with Crippen LogP contribution in [0.4, 0.5) is 23.0 Å². The highest BCUT2D eigenvalue weighted by Gasteiger charge is 2.28. The molecule has 7 N–H and O–H groups in total. The summed E-state index contributed by atoms with van der Waals surface area (Å²) in [5, 5.41) is 27.7. The number of anilines is 4. The molecule has 7 rings (SSSR count). The summed E-state index contributed by atoms with van der Waals surface area (Å²) >= 11 is 0. The van der Waals surface area contributed by atoms with Crippen LogP contribution >= 0.6 is 0 Å². The second kappa shape index (κ2) is 13.5. The van der Waals surface area contributed by atoms with E-state index in [1.807, 2.05) is 18.2 Å². The van der Waals surface area contributed by atoms with Gasteiger partial charge < -0.3 is 41.4 Å². The Morgan fingerprint density at radius 3 is 2.35 bits per heavy atom. The summed E-state index contributed by atoms with van der Waals surface area (Å²) in [4.78, 5) is 29.2. The largest absolute Gasteiger partial charge is 0.393 e. The molecular weight excluding hydrogens is 582 g/mol. The molecule has 0 bridgehead atoms. The summed E-state index contributed by atoms with van der Waals surface area (Å²) in [5.74, 6) is 0.947. The van der Waals surface area contributed by atoms with Gasteiger partial charge in [0.25, 0.3) is 0 Å². The van der Waals surface area contributed by atoms with Crippen molar-refractivity contribution in [1.29, 1.82) is 0 Å². The van der Waals surface area contributed by atoms with Crippen molar-refractivity contribution in [3.8, 4) is 11.3 Å². The van der Waals surface area contributed by atoms with E-state index in [2.05, 4.69) is 59.5 Å². The SMILES string of the molecule is CN1CCN(C2CCN(c3ccc(Nc4nc(NC5CCC(O)CC5)c(-c5ccnc6nc[nH]c56)nc4C(N)O)cc3)CC2)CC1. The fraction of sp³-hybridized carbons (Fsp3) is 0.515. The maximum absolute atomic E-state index is 10.7. The second-order valence-electron chi connectivity index (χ2n) is 12.9. The predicted octanol–water partition coefficient (Wildman–Crippen LogP) is 3.04. The number of benzene rings is 1. The molecule has 5 heterocycles. The zero-order valence-corrected chi connectivity index (χ0v) is 26.4. The summed E-state index contributed by atoms with van der Waals surface area (Å²) in [5.41, 5.74) is 10.9. The van der Waals surface area contributed by atoms with Crippen LogP contribution in [0.3, 0.4) is 0 Å². The van der Waals surface area contributed by atoms with Gasteiger partial charge in [0.05, 0.1) is 17.9 Å². The molecule has 3 fully saturated rings. The first-order valence-electron chi connectivity index (χ1n) is 16.5. The molecule has 244 valence electrons. The maximum atomic E-state index is 10.7. The van der Waals surface area contributed by atoms with Gasteiger partial charge in [0.15, 0.2) is 17.3 Å². The normalized spacial score (nSPS) is 22.7. The maximum Gasteiger partial charge on any atom is 0.178 e. The number of fused-ring (bicyclic) bond motifs is 1. The van der Waals surface area contributed by atoms with E-state index in [0.717, 1.165) is 68.6 Å². The number of pyridine rings is 1. The van der Waals surface area contributed by atoms with Crippen molar-refractivity contribution in [2.75, 3.05) is 61.8 Å². The summed E-state index contributed by atoms with van der Waals surface area (Å²) < 4.78 is 0. The summed E-state index contributed by atoms with van der Waals surface area (Å²) in [7, 11) is 2.21. The third kappa shape index (κ3) is 6.65. The zero-order chi connectivity index (χ0) is 31.6. The monoisotopic (exact) mass is 627 g/mol. The number of hydrogen-bond acceptors (Lipinski definition) is 12. The summed E-state index contributed by atoms with van der Waals surface area (Å²) in [6.07, 6.45) is 7.10. The lowest BCUT2D eigenvalue weighted by molar-refractivity contribution is 0.0982. The van der Waals surface area contributed by atoms with E-state index in [9.17, 15) is 10.2 Å². The van der Waals surface area contributed by atoms with Crippen molar-refractivity contribution in [3.05, 3.63) is 48.5 Å². The van der Waals surface area contributed by atoms with Gasteiger partial charge in [0, 0.05) is 74.5 Å². The zero-order valence-electron chi connectivity index (χ0n) is 26.4. The molecule has 1 aliphatic carbocycles. The number of H-pyrrole nitrogens is 1. The number of imidazole rings is 1. The molecule has 1 saturated carbocycles. The highest BCUT2D eigenvalue weighted by Crippen LogP contribution is 2.35. The molecule has 4 aromatic rings. The minimum Gasteiger partial charge on any atom is -0.393 e. The number of aromatic amines is 1. The lowest BCUT2D eigenvalue weighted by Crippen LogP contribution is -2.52. The smallest absolute Gasteiger partial charge is 0.178 e. The number of nitrogens with two attached hydrogens (primary N) is 1. The molecule has 1 unspecified atom stereocenters. The number of likely N-dealkylation sites (N-methyl/N-ethyl adjacent to an activating group) is 1. The minimum absolute atomic E-state index is 0.122. The van der Waals surface area contributed by atoms with Crippen LogP contribution in [0.25, 0.3) is 22.4 Å². The first-order valence-corrected chi connectivity index (χ1v) is 16.5. The standard InChI is InChI=1S/C33H45N11O2/c1-42-16-18-44(19-17-42)24-11-14-43(15-12-24)23-6-2-21(3-7-23)39-33-29(30(34)46)40-28(26-10-13-35-31-27(26)36-20-37-31)32(41-33)38-22-4-8-25(45)9-5-22/h2-3,6-7,10,13,20,22,24-25,30,45-46H,4-5,8-9,11-12,14-19,34H2,1H3,(H,35,36,37)(H2,38,39,41). The third-order valence-corrected chi connectivity index (χ3v) is 9.84. The van der Waals surface area contributed by atoms with Gasteiger partial charge in [-0.25, -0.2) is 19.9 Å². The molecule has 3 aromatic heterocycles. The van der Waals surface area contributed by atoms with Gasteiger partial charge in [-0.3, -0.25) is 4.90 Å². The number of piperazine rings is 1. The van der Waals surface area contributed by atoms with Crippen LogP contribution in [0, 0.1) is 0 Å². The number of hydrogen-bond donors (Lipinski definition) is 6. The quantitative estimate of drug-likeness (QED) is 0.158. The van der Waals surface area contributed by atoms with E-state index in [1.165, 1.54) is 31.6 Å². The molecule has 13 nitrogen and oxygen atoms in total. The molecule has 0 amide bonds. The number of piperidine rings is 1. The number of aliphatic hydroxyl groups is 2. The number of aromatic nitrogens is 5. The van der Waals surface area contributed by atoms with Crippen LogP contribution in [-0.2, 0) is 0 Å². The second-order valence-corrected chi connectivity index (χ2v) is 12.9. The highest BCUT2D eigenvalue weighted by atomic mass is 16.3. The molecule has 3 aliphatic rings. The lowest BCUT2D eigenvalue weighted by atomic mass is 9.93. The Bertz CT molecular complexity index is 1600. The topological polar surface area (TPSA) is 168 Å². The van der Waals surface area contributed by atoms with Crippen molar-refractivity contribution in [2.24, 2.45) is 5.73 Å². The molecule has 1 atom stereocenters. The number of aliphatic hydroxyl groups excluding tert-OH is 2. The Kier molecular flexibility index (Phi) is 9.00. The fourth-order valence-electron chi connectivity index (χ4n) is 7.06. The van der Waals surface area contributed by atoms with Crippen molar-refractivity contribution < 1.29 is 10.2 Å². The van der Waals surface area contributed by atoms with Gasteiger partial charge in [-0.2, -0.15) is 0 Å². The molecule has 2 saturated heterocycles. The first-order chi connectivity index (χ1) is 22.4. The Labute approximate surface area is 269 Å². The molecule has 0 radical (unpaired) electrons. The molecule has 13 heteroatoms. The van der Waals surface area contributed by atoms with E-state index in [-0.39, 0.29) is 17.8 Å². The average Bonchev–Trinajstić information content (AvgIpc) is 3.56. The molecule has 46 heavy (non-hydrogen) atoms. The molecule has 1 aromatic carbocycles. The Morgan fingerprint density at radius 2 is 1.63 bits per heavy atom. The average molecular weight is 628 g/mol. The van der Waals surface area contributed by atoms with Crippen LogP contribution in [0.1, 0.15) is 50.4 Å². The molecular formula is C33H45N11O2. The van der Waals surface area contributed by atoms with Gasteiger partial charge in [-0.05, 0) is 75.9 Å². The van der Waals surface area contributed by atoms with Gasteiger partial charge in [-0.1, -0.05) is 0 Å².